The predicted molar refractivity (Wildman–Crippen MR) is 97.5 cm³/mol. The number of rotatable bonds is 5. The monoisotopic (exact) mass is 388 g/mol. The number of carbonyl (C=O) groups excluding carboxylic acids is 1. The number of nitrogens with one attached hydrogen (secondary N) is 1. The highest BCUT2D eigenvalue weighted by Gasteiger charge is 2.71. The van der Waals surface area contributed by atoms with E-state index in [2.05, 4.69) is 15.5 Å². The van der Waals surface area contributed by atoms with E-state index < -0.39 is 12.2 Å². The number of ether oxygens (including phenoxy) is 1. The highest BCUT2D eigenvalue weighted by atomic mass is 32.1. The molecule has 8 nitrogen and oxygen atoms in total. The molecular weight excluding hydrogens is 368 g/mol. The van der Waals surface area contributed by atoms with Gasteiger partial charge in [-0.2, -0.15) is 0 Å². The van der Waals surface area contributed by atoms with E-state index in [4.69, 9.17) is 4.74 Å². The molecular formula is C18H20N4O4S. The number of likely N-dealkylation sites (tertiary alicyclic amines) is 1. The Hall–Kier alpha value is -2.68. The van der Waals surface area contributed by atoms with Gasteiger partial charge in [0, 0.05) is 19.6 Å². The van der Waals surface area contributed by atoms with E-state index in [0.717, 1.165) is 15.6 Å². The molecule has 1 aromatic heterocycles. The van der Waals surface area contributed by atoms with Gasteiger partial charge in [-0.05, 0) is 24.3 Å². The van der Waals surface area contributed by atoms with E-state index >= 15 is 0 Å². The highest BCUT2D eigenvalue weighted by molar-refractivity contribution is 7.11. The molecule has 27 heavy (non-hydrogen) atoms. The lowest BCUT2D eigenvalue weighted by Crippen LogP contribution is -2.40. The van der Waals surface area contributed by atoms with Crippen LogP contribution in [-0.4, -0.2) is 52.0 Å². The van der Waals surface area contributed by atoms with E-state index in [0.29, 0.717) is 19.6 Å². The minimum Gasteiger partial charge on any atom is -0.465 e. The van der Waals surface area contributed by atoms with Crippen molar-refractivity contribution < 1.29 is 19.4 Å². The van der Waals surface area contributed by atoms with Gasteiger partial charge >= 0.3 is 12.2 Å². The van der Waals surface area contributed by atoms with Crippen molar-refractivity contribution in [3.63, 3.8) is 0 Å². The number of carbonyl (C=O) groups is 2. The summed E-state index contributed by atoms with van der Waals surface area (Å²) in [4.78, 5) is 24.8. The quantitative estimate of drug-likeness (QED) is 0.814. The summed E-state index contributed by atoms with van der Waals surface area (Å²) < 4.78 is 5.29. The molecule has 1 saturated heterocycles. The molecule has 4 rings (SSSR count). The zero-order valence-electron chi connectivity index (χ0n) is 14.8. The summed E-state index contributed by atoms with van der Waals surface area (Å²) >= 11 is 1.51. The maximum atomic E-state index is 12.1. The van der Waals surface area contributed by atoms with Crippen molar-refractivity contribution in [1.82, 2.24) is 20.4 Å². The molecule has 1 aliphatic carbocycles. The van der Waals surface area contributed by atoms with Crippen LogP contribution in [0.5, 0.6) is 0 Å². The lowest BCUT2D eigenvalue weighted by molar-refractivity contribution is 0.134. The van der Waals surface area contributed by atoms with Gasteiger partial charge in [-0.25, -0.2) is 9.59 Å². The van der Waals surface area contributed by atoms with Crippen molar-refractivity contribution in [3.8, 4) is 0 Å². The maximum Gasteiger partial charge on any atom is 0.407 e. The van der Waals surface area contributed by atoms with Crippen LogP contribution in [0.25, 0.3) is 0 Å². The van der Waals surface area contributed by atoms with Gasteiger partial charge in [-0.3, -0.25) is 0 Å². The number of carboxylic acid groups (broad SMARTS) is 1. The molecule has 0 radical (unpaired) electrons. The van der Waals surface area contributed by atoms with E-state index in [9.17, 15) is 14.7 Å². The molecule has 1 aliphatic heterocycles. The summed E-state index contributed by atoms with van der Waals surface area (Å²) in [5.41, 5.74) is 0.575. The van der Waals surface area contributed by atoms with Gasteiger partial charge in [0.15, 0.2) is 0 Å². The minimum absolute atomic E-state index is 0.148. The second-order valence-corrected chi connectivity index (χ2v) is 8.16. The van der Waals surface area contributed by atoms with E-state index in [1.165, 1.54) is 16.2 Å². The lowest BCUT2D eigenvalue weighted by Gasteiger charge is -2.23. The molecule has 9 heteroatoms. The number of fused-ring (bicyclic) bond motifs is 1. The molecule has 2 aromatic rings. The summed E-state index contributed by atoms with van der Waals surface area (Å²) in [6, 6.07) is 9.48. The minimum atomic E-state index is -0.903. The first-order valence-corrected chi connectivity index (χ1v) is 9.55. The molecule has 1 saturated carbocycles. The van der Waals surface area contributed by atoms with Crippen LogP contribution in [0.2, 0.25) is 0 Å². The number of amides is 2. The number of aromatic nitrogens is 2. The molecule has 2 amide bonds. The third-order valence-electron chi connectivity index (χ3n) is 5.47. The average molecular weight is 388 g/mol. The van der Waals surface area contributed by atoms with Crippen LogP contribution in [0, 0.1) is 18.8 Å². The third kappa shape index (κ3) is 3.23. The summed E-state index contributed by atoms with van der Waals surface area (Å²) in [7, 11) is 0. The third-order valence-corrected chi connectivity index (χ3v) is 6.50. The van der Waals surface area contributed by atoms with Crippen LogP contribution in [0.1, 0.15) is 15.6 Å². The SMILES string of the molecule is Cc1nnc([C@]2(CNC(=O)OCc3ccccc3)[C@@H]3CN(C(=O)O)C[C@@H]32)s1. The molecule has 2 aliphatic rings. The van der Waals surface area contributed by atoms with Crippen molar-refractivity contribution in [2.45, 2.75) is 18.9 Å². The predicted octanol–water partition coefficient (Wildman–Crippen LogP) is 2.25. The van der Waals surface area contributed by atoms with Crippen molar-refractivity contribution in [2.24, 2.45) is 11.8 Å². The van der Waals surface area contributed by atoms with Crippen molar-refractivity contribution in [2.75, 3.05) is 19.6 Å². The second kappa shape index (κ2) is 6.80. The molecule has 0 bridgehead atoms. The Morgan fingerprint density at radius 2 is 2.00 bits per heavy atom. The van der Waals surface area contributed by atoms with Crippen molar-refractivity contribution >= 4 is 23.5 Å². The largest absolute Gasteiger partial charge is 0.465 e. The Morgan fingerprint density at radius 1 is 1.30 bits per heavy atom. The molecule has 3 atom stereocenters. The fourth-order valence-corrected chi connectivity index (χ4v) is 5.03. The summed E-state index contributed by atoms with van der Waals surface area (Å²) in [5, 5.41) is 22.2. The number of hydrogen-bond acceptors (Lipinski definition) is 6. The standard InChI is InChI=1S/C18H20N4O4S/c1-11-20-21-15(27-11)18(13-7-22(17(24)25)8-14(13)18)10-19-16(23)26-9-12-5-3-2-4-6-12/h2-6,13-14H,7-10H2,1H3,(H,19,23)(H,24,25)/t13-,14+,18-. The van der Waals surface area contributed by atoms with Crippen molar-refractivity contribution in [3.05, 3.63) is 45.9 Å². The fourth-order valence-electron chi connectivity index (χ4n) is 4.02. The van der Waals surface area contributed by atoms with E-state index in [1.54, 1.807) is 0 Å². The zero-order chi connectivity index (χ0) is 19.0. The number of hydrogen-bond donors (Lipinski definition) is 2. The van der Waals surface area contributed by atoms with Gasteiger partial charge in [-0.15, -0.1) is 21.5 Å². The summed E-state index contributed by atoms with van der Waals surface area (Å²) in [6.07, 6.45) is -1.39. The first-order valence-electron chi connectivity index (χ1n) is 8.73. The van der Waals surface area contributed by atoms with Crippen LogP contribution >= 0.6 is 11.3 Å². The van der Waals surface area contributed by atoms with Crippen LogP contribution in [0.4, 0.5) is 9.59 Å². The average Bonchev–Trinajstić information content (AvgIpc) is 3.03. The molecule has 1 aromatic carbocycles. The van der Waals surface area contributed by atoms with Gasteiger partial charge in [0.1, 0.15) is 16.6 Å². The topological polar surface area (TPSA) is 105 Å². The summed E-state index contributed by atoms with van der Waals surface area (Å²) in [6.45, 7) is 3.38. The van der Waals surface area contributed by atoms with Crippen molar-refractivity contribution in [1.29, 1.82) is 0 Å². The number of aryl methyl sites for hydroxylation is 1. The number of alkyl carbamates (subject to hydrolysis) is 1. The van der Waals surface area contributed by atoms with Crippen LogP contribution in [-0.2, 0) is 16.8 Å². The second-order valence-electron chi connectivity index (χ2n) is 6.98. The van der Waals surface area contributed by atoms with Gasteiger partial charge in [-0.1, -0.05) is 30.3 Å². The van der Waals surface area contributed by atoms with Gasteiger partial charge in [0.25, 0.3) is 0 Å². The zero-order valence-corrected chi connectivity index (χ0v) is 15.6. The summed E-state index contributed by atoms with van der Waals surface area (Å²) in [5.74, 6) is 0.297. The first-order chi connectivity index (χ1) is 13.0. The Bertz CT molecular complexity index is 844. The van der Waals surface area contributed by atoms with Crippen LogP contribution < -0.4 is 5.32 Å². The highest BCUT2D eigenvalue weighted by Crippen LogP contribution is 2.63. The van der Waals surface area contributed by atoms with Gasteiger partial charge < -0.3 is 20.1 Å². The van der Waals surface area contributed by atoms with E-state index in [1.807, 2.05) is 37.3 Å². The normalized spacial score (nSPS) is 25.7. The molecule has 0 unspecified atom stereocenters. The van der Waals surface area contributed by atoms with E-state index in [-0.39, 0.29) is 23.9 Å². The smallest absolute Gasteiger partial charge is 0.407 e. The van der Waals surface area contributed by atoms with Crippen LogP contribution in [0.15, 0.2) is 30.3 Å². The Balaban J connectivity index is 1.40. The molecule has 142 valence electrons. The first kappa shape index (κ1) is 17.7. The Labute approximate surface area is 160 Å². The maximum absolute atomic E-state index is 12.1. The van der Waals surface area contributed by atoms with Gasteiger partial charge in [0.2, 0.25) is 0 Å². The number of piperidine rings is 1. The Kier molecular flexibility index (Phi) is 4.47. The number of benzene rings is 1. The van der Waals surface area contributed by atoms with Crippen LogP contribution in [0.3, 0.4) is 0 Å². The Morgan fingerprint density at radius 3 is 2.59 bits per heavy atom. The number of nitrogens with zero attached hydrogens (tertiary/aromatic N) is 3. The molecule has 2 N–H and O–H groups in total. The lowest BCUT2D eigenvalue weighted by atomic mass is 10.0. The molecule has 2 heterocycles. The molecule has 0 spiro atoms. The fraction of sp³-hybridized carbons (Fsp3) is 0.444. The molecule has 2 fully saturated rings. The van der Waals surface area contributed by atoms with Gasteiger partial charge in [0.05, 0.1) is 5.41 Å².